The third kappa shape index (κ3) is 4.62. The second kappa shape index (κ2) is 8.22. The van der Waals surface area contributed by atoms with Crippen LogP contribution in [0.3, 0.4) is 0 Å². The molecule has 1 saturated heterocycles. The van der Waals surface area contributed by atoms with Gasteiger partial charge in [-0.1, -0.05) is 54.6 Å². The van der Waals surface area contributed by atoms with Crippen molar-refractivity contribution in [3.05, 3.63) is 71.3 Å². The SMILES string of the molecule is NCc1ccc(CNCC2COC(c3ccccc3)CO2)cc1. The molecule has 0 amide bonds. The van der Waals surface area contributed by atoms with E-state index in [0.717, 1.165) is 18.7 Å². The average molecular weight is 312 g/mol. The van der Waals surface area contributed by atoms with Crippen LogP contribution in [0, 0.1) is 0 Å². The minimum Gasteiger partial charge on any atom is -0.371 e. The van der Waals surface area contributed by atoms with Gasteiger partial charge < -0.3 is 20.5 Å². The van der Waals surface area contributed by atoms with Crippen LogP contribution in [0.25, 0.3) is 0 Å². The van der Waals surface area contributed by atoms with Crippen molar-refractivity contribution >= 4 is 0 Å². The first-order valence-electron chi connectivity index (χ1n) is 8.12. The van der Waals surface area contributed by atoms with E-state index < -0.39 is 0 Å². The molecule has 2 aromatic rings. The Bertz CT molecular complexity index is 578. The quantitative estimate of drug-likeness (QED) is 0.860. The van der Waals surface area contributed by atoms with E-state index in [-0.39, 0.29) is 12.2 Å². The molecular formula is C19H24N2O2. The van der Waals surface area contributed by atoms with Gasteiger partial charge in [-0.2, -0.15) is 0 Å². The predicted molar refractivity (Wildman–Crippen MR) is 90.9 cm³/mol. The summed E-state index contributed by atoms with van der Waals surface area (Å²) >= 11 is 0. The summed E-state index contributed by atoms with van der Waals surface area (Å²) in [4.78, 5) is 0. The summed E-state index contributed by atoms with van der Waals surface area (Å²) in [5.74, 6) is 0. The van der Waals surface area contributed by atoms with Gasteiger partial charge in [-0.25, -0.2) is 0 Å². The Morgan fingerprint density at radius 3 is 2.30 bits per heavy atom. The van der Waals surface area contributed by atoms with Crippen LogP contribution in [0.1, 0.15) is 22.8 Å². The topological polar surface area (TPSA) is 56.5 Å². The molecule has 0 saturated carbocycles. The molecule has 0 aromatic heterocycles. The van der Waals surface area contributed by atoms with Gasteiger partial charge >= 0.3 is 0 Å². The molecule has 3 rings (SSSR count). The number of hydrogen-bond donors (Lipinski definition) is 2. The predicted octanol–water partition coefficient (Wildman–Crippen LogP) is 2.39. The lowest BCUT2D eigenvalue weighted by Crippen LogP contribution is -2.38. The van der Waals surface area contributed by atoms with Crippen molar-refractivity contribution in [2.24, 2.45) is 5.73 Å². The summed E-state index contributed by atoms with van der Waals surface area (Å²) in [7, 11) is 0. The summed E-state index contributed by atoms with van der Waals surface area (Å²) in [6.07, 6.45) is 0.162. The number of ether oxygens (including phenoxy) is 2. The highest BCUT2D eigenvalue weighted by Gasteiger charge is 2.22. The van der Waals surface area contributed by atoms with Gasteiger partial charge in [-0.15, -0.1) is 0 Å². The lowest BCUT2D eigenvalue weighted by atomic mass is 10.1. The van der Waals surface area contributed by atoms with Crippen LogP contribution in [0.5, 0.6) is 0 Å². The van der Waals surface area contributed by atoms with Gasteiger partial charge in [-0.05, 0) is 16.7 Å². The van der Waals surface area contributed by atoms with Crippen LogP contribution in [0.2, 0.25) is 0 Å². The van der Waals surface area contributed by atoms with Crippen molar-refractivity contribution in [2.45, 2.75) is 25.3 Å². The van der Waals surface area contributed by atoms with Crippen molar-refractivity contribution < 1.29 is 9.47 Å². The molecule has 4 nitrogen and oxygen atoms in total. The van der Waals surface area contributed by atoms with Crippen LogP contribution in [-0.2, 0) is 22.6 Å². The highest BCUT2D eigenvalue weighted by Crippen LogP contribution is 2.22. The number of rotatable bonds is 6. The molecule has 4 heteroatoms. The van der Waals surface area contributed by atoms with E-state index >= 15 is 0 Å². The van der Waals surface area contributed by atoms with E-state index in [1.165, 1.54) is 11.1 Å². The first-order chi connectivity index (χ1) is 11.3. The third-order valence-corrected chi connectivity index (χ3v) is 4.10. The second-order valence-electron chi connectivity index (χ2n) is 5.84. The molecule has 2 unspecified atom stereocenters. The summed E-state index contributed by atoms with van der Waals surface area (Å²) in [5, 5.41) is 3.43. The highest BCUT2D eigenvalue weighted by molar-refractivity contribution is 5.22. The van der Waals surface area contributed by atoms with Crippen LogP contribution in [0.4, 0.5) is 0 Å². The van der Waals surface area contributed by atoms with Crippen LogP contribution >= 0.6 is 0 Å². The molecule has 23 heavy (non-hydrogen) atoms. The fourth-order valence-corrected chi connectivity index (χ4v) is 2.69. The van der Waals surface area contributed by atoms with Crippen LogP contribution < -0.4 is 11.1 Å². The normalized spacial score (nSPS) is 21.3. The molecule has 1 aliphatic heterocycles. The average Bonchev–Trinajstić information content (AvgIpc) is 2.64. The maximum Gasteiger partial charge on any atom is 0.106 e. The molecule has 2 aromatic carbocycles. The van der Waals surface area contributed by atoms with E-state index in [4.69, 9.17) is 15.2 Å². The smallest absolute Gasteiger partial charge is 0.106 e. The first kappa shape index (κ1) is 16.1. The van der Waals surface area contributed by atoms with Crippen LogP contribution in [-0.4, -0.2) is 25.9 Å². The molecule has 0 radical (unpaired) electrons. The Morgan fingerprint density at radius 1 is 0.913 bits per heavy atom. The zero-order chi connectivity index (χ0) is 15.9. The Kier molecular flexibility index (Phi) is 5.77. The number of hydrogen-bond acceptors (Lipinski definition) is 4. The molecule has 1 fully saturated rings. The van der Waals surface area contributed by atoms with E-state index in [2.05, 4.69) is 41.7 Å². The molecule has 0 aliphatic carbocycles. The van der Waals surface area contributed by atoms with Crippen molar-refractivity contribution in [1.29, 1.82) is 0 Å². The summed E-state index contributed by atoms with van der Waals surface area (Å²) in [5.41, 5.74) is 9.19. The van der Waals surface area contributed by atoms with Gasteiger partial charge in [0.05, 0.1) is 19.3 Å². The van der Waals surface area contributed by atoms with Crippen molar-refractivity contribution in [3.8, 4) is 0 Å². The first-order valence-corrected chi connectivity index (χ1v) is 8.12. The van der Waals surface area contributed by atoms with Gasteiger partial charge in [0.25, 0.3) is 0 Å². The van der Waals surface area contributed by atoms with Gasteiger partial charge in [0.15, 0.2) is 0 Å². The molecule has 1 heterocycles. The lowest BCUT2D eigenvalue weighted by Gasteiger charge is -2.30. The fourth-order valence-electron chi connectivity index (χ4n) is 2.69. The molecule has 122 valence electrons. The Labute approximate surface area is 137 Å². The zero-order valence-electron chi connectivity index (χ0n) is 13.3. The molecule has 0 bridgehead atoms. The number of nitrogens with one attached hydrogen (secondary N) is 1. The highest BCUT2D eigenvalue weighted by atomic mass is 16.6. The molecule has 2 atom stereocenters. The van der Waals surface area contributed by atoms with Gasteiger partial charge in [-0.3, -0.25) is 0 Å². The maximum absolute atomic E-state index is 5.93. The molecule has 1 aliphatic rings. The lowest BCUT2D eigenvalue weighted by molar-refractivity contribution is -0.133. The van der Waals surface area contributed by atoms with Crippen molar-refractivity contribution in [2.75, 3.05) is 19.8 Å². The van der Waals surface area contributed by atoms with Gasteiger partial charge in [0.1, 0.15) is 6.10 Å². The minimum atomic E-state index is 0.0521. The summed E-state index contributed by atoms with van der Waals surface area (Å²) in [6, 6.07) is 18.6. The summed E-state index contributed by atoms with van der Waals surface area (Å²) < 4.78 is 11.8. The zero-order valence-corrected chi connectivity index (χ0v) is 13.3. The Hall–Kier alpha value is -1.72. The second-order valence-corrected chi connectivity index (χ2v) is 5.84. The number of nitrogens with two attached hydrogens (primary N) is 1. The van der Waals surface area contributed by atoms with Gasteiger partial charge in [0.2, 0.25) is 0 Å². The van der Waals surface area contributed by atoms with E-state index in [0.29, 0.717) is 19.8 Å². The standard InChI is InChI=1S/C19H24N2O2/c20-10-15-6-8-16(9-7-15)11-21-12-18-13-23-19(14-22-18)17-4-2-1-3-5-17/h1-9,18-19,21H,10-14,20H2. The Morgan fingerprint density at radius 2 is 1.65 bits per heavy atom. The minimum absolute atomic E-state index is 0.0521. The Balaban J connectivity index is 1.39. The molecule has 0 spiro atoms. The number of benzene rings is 2. The molecule has 3 N–H and O–H groups in total. The van der Waals surface area contributed by atoms with E-state index in [9.17, 15) is 0 Å². The monoisotopic (exact) mass is 312 g/mol. The summed E-state index contributed by atoms with van der Waals surface area (Å²) in [6.45, 7) is 3.44. The van der Waals surface area contributed by atoms with Crippen molar-refractivity contribution in [1.82, 2.24) is 5.32 Å². The van der Waals surface area contributed by atoms with E-state index in [1.54, 1.807) is 0 Å². The third-order valence-electron chi connectivity index (χ3n) is 4.10. The van der Waals surface area contributed by atoms with Crippen LogP contribution in [0.15, 0.2) is 54.6 Å². The molecular weight excluding hydrogens is 288 g/mol. The maximum atomic E-state index is 5.93. The van der Waals surface area contributed by atoms with E-state index in [1.807, 2.05) is 18.2 Å². The fraction of sp³-hybridized carbons (Fsp3) is 0.368. The largest absolute Gasteiger partial charge is 0.371 e. The van der Waals surface area contributed by atoms with Gasteiger partial charge in [0, 0.05) is 19.6 Å². The van der Waals surface area contributed by atoms with Crippen molar-refractivity contribution in [3.63, 3.8) is 0 Å².